The fourth-order valence-electron chi connectivity index (χ4n) is 1.95. The average molecular weight is 344 g/mol. The molecule has 0 heterocycles. The lowest BCUT2D eigenvalue weighted by molar-refractivity contribution is -0.384. The van der Waals surface area contributed by atoms with Gasteiger partial charge in [-0.3, -0.25) is 14.9 Å². The fourth-order valence-corrected chi connectivity index (χ4v) is 3.23. The number of hydrogen-bond acceptors (Lipinski definition) is 5. The Kier molecular flexibility index (Phi) is 7.11. The molecule has 23 heavy (non-hydrogen) atoms. The minimum Gasteiger partial charge on any atom is -0.480 e. The molecule has 1 aromatic rings. The van der Waals surface area contributed by atoms with E-state index in [1.54, 1.807) is 0 Å². The van der Waals surface area contributed by atoms with Crippen LogP contribution in [0.5, 0.6) is 0 Å². The summed E-state index contributed by atoms with van der Waals surface area (Å²) < 4.78 is 26.1. The van der Waals surface area contributed by atoms with E-state index in [0.29, 0.717) is 12.0 Å². The van der Waals surface area contributed by atoms with Crippen LogP contribution in [0.25, 0.3) is 0 Å². The molecule has 1 unspecified atom stereocenters. The van der Waals surface area contributed by atoms with Gasteiger partial charge in [-0.1, -0.05) is 31.9 Å². The topological polar surface area (TPSA) is 127 Å². The number of aryl methyl sites for hydroxylation is 1. The highest BCUT2D eigenvalue weighted by molar-refractivity contribution is 7.89. The van der Waals surface area contributed by atoms with Gasteiger partial charge < -0.3 is 5.11 Å². The van der Waals surface area contributed by atoms with Gasteiger partial charge in [0.1, 0.15) is 6.04 Å². The first kappa shape index (κ1) is 19.0. The molecule has 0 saturated carbocycles. The Morgan fingerprint density at radius 1 is 1.35 bits per heavy atom. The highest BCUT2D eigenvalue weighted by Gasteiger charge is 2.23. The van der Waals surface area contributed by atoms with Crippen LogP contribution < -0.4 is 4.72 Å². The number of hydrogen-bond donors (Lipinski definition) is 2. The van der Waals surface area contributed by atoms with E-state index in [9.17, 15) is 23.3 Å². The number of carboxylic acids is 1. The molecule has 0 spiro atoms. The molecule has 0 aromatic heterocycles. The van der Waals surface area contributed by atoms with Gasteiger partial charge in [0.05, 0.1) is 10.7 Å². The minimum absolute atomic E-state index is 0.0692. The van der Waals surface area contributed by atoms with Crippen molar-refractivity contribution in [3.8, 4) is 0 Å². The van der Waals surface area contributed by atoms with Crippen molar-refractivity contribution in [3.05, 3.63) is 39.9 Å². The van der Waals surface area contributed by atoms with Crippen molar-refractivity contribution in [3.63, 3.8) is 0 Å². The van der Waals surface area contributed by atoms with Gasteiger partial charge in [0.25, 0.3) is 5.69 Å². The number of unbranched alkanes of at least 4 members (excludes halogenated alkanes) is 1. The van der Waals surface area contributed by atoms with E-state index in [2.05, 4.69) is 4.72 Å². The van der Waals surface area contributed by atoms with Gasteiger partial charge in [0.15, 0.2) is 0 Å². The number of nitrogens with one attached hydrogen (secondary N) is 1. The first-order valence-electron chi connectivity index (χ1n) is 7.21. The molecule has 9 heteroatoms. The van der Waals surface area contributed by atoms with Crippen molar-refractivity contribution in [1.29, 1.82) is 0 Å². The predicted molar refractivity (Wildman–Crippen MR) is 84.7 cm³/mol. The van der Waals surface area contributed by atoms with Crippen LogP contribution >= 0.6 is 0 Å². The number of non-ortho nitro benzene ring substituents is 1. The molecule has 0 aliphatic heterocycles. The highest BCUT2D eigenvalue weighted by Crippen LogP contribution is 2.13. The predicted octanol–water partition coefficient (Wildman–Crippen LogP) is 1.70. The van der Waals surface area contributed by atoms with Crippen molar-refractivity contribution in [1.82, 2.24) is 4.72 Å². The third-order valence-corrected chi connectivity index (χ3v) is 4.66. The van der Waals surface area contributed by atoms with Crippen LogP contribution in [0.1, 0.15) is 31.7 Å². The number of aliphatic carboxylic acids is 1. The molecule has 1 rings (SSSR count). The van der Waals surface area contributed by atoms with Crippen LogP contribution in [0.4, 0.5) is 5.69 Å². The summed E-state index contributed by atoms with van der Waals surface area (Å²) in [4.78, 5) is 21.1. The third-order valence-electron chi connectivity index (χ3n) is 3.27. The maximum Gasteiger partial charge on any atom is 0.321 e. The molecule has 0 radical (unpaired) electrons. The van der Waals surface area contributed by atoms with Gasteiger partial charge in [0, 0.05) is 12.1 Å². The molecule has 0 bridgehead atoms. The van der Waals surface area contributed by atoms with E-state index in [-0.39, 0.29) is 24.3 Å². The number of carboxylic acid groups (broad SMARTS) is 1. The summed E-state index contributed by atoms with van der Waals surface area (Å²) in [6.45, 7) is 1.89. The quantitative estimate of drug-likeness (QED) is 0.491. The monoisotopic (exact) mass is 344 g/mol. The number of carbonyl (C=O) groups is 1. The smallest absolute Gasteiger partial charge is 0.321 e. The Morgan fingerprint density at radius 3 is 2.43 bits per heavy atom. The van der Waals surface area contributed by atoms with Crippen molar-refractivity contribution in [2.24, 2.45) is 0 Å². The summed E-state index contributed by atoms with van der Waals surface area (Å²) in [5.41, 5.74) is 0.557. The number of nitro benzene ring substituents is 1. The van der Waals surface area contributed by atoms with Gasteiger partial charge in [0.2, 0.25) is 10.0 Å². The standard InChI is InChI=1S/C14H20N2O6S/c1-2-3-4-13(14(17)18)15-23(21,22)10-9-11-5-7-12(8-6-11)16(19)20/h5-8,13,15H,2-4,9-10H2,1H3,(H,17,18). The largest absolute Gasteiger partial charge is 0.480 e. The van der Waals surface area contributed by atoms with E-state index in [4.69, 9.17) is 5.11 Å². The molecular weight excluding hydrogens is 324 g/mol. The SMILES string of the molecule is CCCCC(NS(=O)(=O)CCc1ccc([N+](=O)[O-])cc1)C(=O)O. The maximum atomic E-state index is 12.0. The lowest BCUT2D eigenvalue weighted by Crippen LogP contribution is -2.42. The van der Waals surface area contributed by atoms with Gasteiger partial charge in [-0.15, -0.1) is 0 Å². The van der Waals surface area contributed by atoms with Crippen molar-refractivity contribution in [2.75, 3.05) is 5.75 Å². The van der Waals surface area contributed by atoms with Gasteiger partial charge in [-0.05, 0) is 18.4 Å². The summed E-state index contributed by atoms with van der Waals surface area (Å²) in [6.07, 6.45) is 1.77. The Hall–Kier alpha value is -2.00. The minimum atomic E-state index is -3.75. The molecule has 1 aromatic carbocycles. The lowest BCUT2D eigenvalue weighted by Gasteiger charge is -2.14. The Morgan fingerprint density at radius 2 is 1.96 bits per heavy atom. The molecular formula is C14H20N2O6S. The third kappa shape index (κ3) is 6.74. The zero-order valence-corrected chi connectivity index (χ0v) is 13.6. The molecule has 0 aliphatic carbocycles. The molecule has 0 saturated heterocycles. The summed E-state index contributed by atoms with van der Waals surface area (Å²) in [7, 11) is -3.75. The Labute approximate surface area is 134 Å². The van der Waals surface area contributed by atoms with Crippen LogP contribution in [0.2, 0.25) is 0 Å². The van der Waals surface area contributed by atoms with Crippen molar-refractivity contribution in [2.45, 2.75) is 38.6 Å². The lowest BCUT2D eigenvalue weighted by atomic mass is 10.1. The number of nitrogens with zero attached hydrogens (tertiary/aromatic N) is 1. The van der Waals surface area contributed by atoms with Crippen LogP contribution in [0, 0.1) is 10.1 Å². The molecule has 0 fully saturated rings. The van der Waals surface area contributed by atoms with Crippen LogP contribution in [0.15, 0.2) is 24.3 Å². The number of rotatable bonds is 10. The molecule has 8 nitrogen and oxygen atoms in total. The highest BCUT2D eigenvalue weighted by atomic mass is 32.2. The normalized spacial score (nSPS) is 12.7. The van der Waals surface area contributed by atoms with Crippen molar-refractivity contribution < 1.29 is 23.2 Å². The van der Waals surface area contributed by atoms with E-state index < -0.39 is 27.0 Å². The molecule has 1 atom stereocenters. The Balaban J connectivity index is 2.63. The molecule has 0 amide bonds. The van der Waals surface area contributed by atoms with Gasteiger partial charge >= 0.3 is 5.97 Å². The number of benzene rings is 1. The molecule has 2 N–H and O–H groups in total. The summed E-state index contributed by atoms with van der Waals surface area (Å²) in [5.74, 6) is -1.47. The van der Waals surface area contributed by atoms with Crippen LogP contribution in [-0.4, -0.2) is 36.2 Å². The number of sulfonamides is 1. The average Bonchev–Trinajstić information content (AvgIpc) is 2.49. The summed E-state index contributed by atoms with van der Waals surface area (Å²) in [6, 6.07) is 4.45. The second kappa shape index (κ2) is 8.59. The van der Waals surface area contributed by atoms with E-state index in [1.165, 1.54) is 24.3 Å². The van der Waals surface area contributed by atoms with E-state index in [1.807, 2.05) is 6.92 Å². The maximum absolute atomic E-state index is 12.0. The second-order valence-corrected chi connectivity index (χ2v) is 7.02. The van der Waals surface area contributed by atoms with E-state index in [0.717, 1.165) is 6.42 Å². The number of nitro groups is 1. The van der Waals surface area contributed by atoms with E-state index >= 15 is 0 Å². The molecule has 0 aliphatic rings. The second-order valence-electron chi connectivity index (χ2n) is 5.14. The zero-order valence-electron chi connectivity index (χ0n) is 12.8. The summed E-state index contributed by atoms with van der Waals surface area (Å²) >= 11 is 0. The summed E-state index contributed by atoms with van der Waals surface area (Å²) in [5, 5.41) is 19.6. The van der Waals surface area contributed by atoms with Crippen LogP contribution in [0.3, 0.4) is 0 Å². The first-order chi connectivity index (χ1) is 10.7. The van der Waals surface area contributed by atoms with Gasteiger partial charge in [-0.25, -0.2) is 13.1 Å². The van der Waals surface area contributed by atoms with Crippen molar-refractivity contribution >= 4 is 21.7 Å². The Bertz CT molecular complexity index is 642. The molecule has 128 valence electrons. The first-order valence-corrected chi connectivity index (χ1v) is 8.86. The van der Waals surface area contributed by atoms with Gasteiger partial charge in [-0.2, -0.15) is 0 Å². The fraction of sp³-hybridized carbons (Fsp3) is 0.500. The van der Waals surface area contributed by atoms with Crippen LogP contribution in [-0.2, 0) is 21.2 Å². The zero-order chi connectivity index (χ0) is 17.5.